The third kappa shape index (κ3) is 3.20. The molecule has 2 rings (SSSR count). The van der Waals surface area contributed by atoms with Gasteiger partial charge in [-0.05, 0) is 31.0 Å². The van der Waals surface area contributed by atoms with E-state index < -0.39 is 0 Å². The van der Waals surface area contributed by atoms with Gasteiger partial charge in [0.15, 0.2) is 0 Å². The fraction of sp³-hybridized carbons (Fsp3) is 0.500. The first-order chi connectivity index (χ1) is 9.11. The summed E-state index contributed by atoms with van der Waals surface area (Å²) in [5.74, 6) is 0.988. The average molecular weight is 281 g/mol. The van der Waals surface area contributed by atoms with Crippen LogP contribution < -0.4 is 4.90 Å². The molecule has 19 heavy (non-hydrogen) atoms. The summed E-state index contributed by atoms with van der Waals surface area (Å²) in [7, 11) is 1.96. The zero-order valence-corrected chi connectivity index (χ0v) is 12.0. The van der Waals surface area contributed by atoms with Crippen LogP contribution in [0.25, 0.3) is 5.95 Å². The number of hydrogen-bond acceptors (Lipinski definition) is 5. The van der Waals surface area contributed by atoms with Gasteiger partial charge in [-0.3, -0.25) is 0 Å². The molecule has 1 unspecified atom stereocenters. The maximum atomic E-state index is 5.96. The standard InChI is InChI=1S/C12H17ClN6/c1-4-6-9(2)18(3)11-15-10(13)16-12(17-11)19-8-5-7-14-19/h5,7-9H,4,6H2,1-3H3. The van der Waals surface area contributed by atoms with Crippen LogP contribution in [0.4, 0.5) is 5.95 Å². The molecule has 0 N–H and O–H groups in total. The monoisotopic (exact) mass is 280 g/mol. The summed E-state index contributed by atoms with van der Waals surface area (Å²) in [6.07, 6.45) is 5.61. The Morgan fingerprint density at radius 2 is 2.16 bits per heavy atom. The topological polar surface area (TPSA) is 59.7 Å². The van der Waals surface area contributed by atoms with Gasteiger partial charge in [0.05, 0.1) is 0 Å². The van der Waals surface area contributed by atoms with Gasteiger partial charge in [0.1, 0.15) is 0 Å². The van der Waals surface area contributed by atoms with Crippen molar-refractivity contribution in [1.29, 1.82) is 0 Å². The van der Waals surface area contributed by atoms with Crippen molar-refractivity contribution >= 4 is 17.5 Å². The first-order valence-corrected chi connectivity index (χ1v) is 6.64. The van der Waals surface area contributed by atoms with Gasteiger partial charge in [-0.2, -0.15) is 20.1 Å². The minimum absolute atomic E-state index is 0.172. The van der Waals surface area contributed by atoms with Crippen LogP contribution in [0.3, 0.4) is 0 Å². The van der Waals surface area contributed by atoms with Gasteiger partial charge in [-0.15, -0.1) is 0 Å². The quantitative estimate of drug-likeness (QED) is 0.841. The Hall–Kier alpha value is -1.69. The maximum Gasteiger partial charge on any atom is 0.256 e. The molecule has 0 aliphatic rings. The highest BCUT2D eigenvalue weighted by Gasteiger charge is 2.15. The second kappa shape index (κ2) is 5.97. The van der Waals surface area contributed by atoms with Crippen LogP contribution in [0.2, 0.25) is 5.28 Å². The SMILES string of the molecule is CCCC(C)N(C)c1nc(Cl)nc(-n2cccn2)n1. The lowest BCUT2D eigenvalue weighted by atomic mass is 10.2. The second-order valence-electron chi connectivity index (χ2n) is 4.40. The molecule has 0 spiro atoms. The van der Waals surface area contributed by atoms with Gasteiger partial charge >= 0.3 is 0 Å². The molecule has 0 saturated carbocycles. The van der Waals surface area contributed by atoms with E-state index in [0.29, 0.717) is 17.9 Å². The van der Waals surface area contributed by atoms with E-state index in [1.54, 1.807) is 23.1 Å². The summed E-state index contributed by atoms with van der Waals surface area (Å²) < 4.78 is 1.56. The highest BCUT2D eigenvalue weighted by Crippen LogP contribution is 2.16. The number of aromatic nitrogens is 5. The summed E-state index contributed by atoms with van der Waals surface area (Å²) in [4.78, 5) is 14.7. The van der Waals surface area contributed by atoms with Crippen molar-refractivity contribution in [3.05, 3.63) is 23.7 Å². The number of nitrogens with zero attached hydrogens (tertiary/aromatic N) is 6. The summed E-state index contributed by atoms with van der Waals surface area (Å²) >= 11 is 5.96. The van der Waals surface area contributed by atoms with Crippen molar-refractivity contribution in [2.24, 2.45) is 0 Å². The smallest absolute Gasteiger partial charge is 0.256 e. The van der Waals surface area contributed by atoms with Crippen molar-refractivity contribution in [2.75, 3.05) is 11.9 Å². The van der Waals surface area contributed by atoms with Crippen molar-refractivity contribution < 1.29 is 0 Å². The van der Waals surface area contributed by atoms with Gasteiger partial charge in [0, 0.05) is 25.5 Å². The fourth-order valence-electron chi connectivity index (χ4n) is 1.79. The number of anilines is 1. The highest BCUT2D eigenvalue weighted by atomic mass is 35.5. The predicted octanol–water partition coefficient (Wildman–Crippen LogP) is 2.34. The average Bonchev–Trinajstić information content (AvgIpc) is 2.91. The Balaban J connectivity index is 2.31. The van der Waals surface area contributed by atoms with Crippen LogP contribution in [-0.4, -0.2) is 37.8 Å². The molecule has 2 heterocycles. The van der Waals surface area contributed by atoms with Crippen molar-refractivity contribution in [3.63, 3.8) is 0 Å². The molecule has 0 aromatic carbocycles. The van der Waals surface area contributed by atoms with E-state index in [1.807, 2.05) is 11.9 Å². The first-order valence-electron chi connectivity index (χ1n) is 6.26. The molecule has 0 amide bonds. The van der Waals surface area contributed by atoms with Gasteiger partial charge in [0.2, 0.25) is 11.2 Å². The third-order valence-electron chi connectivity index (χ3n) is 2.98. The van der Waals surface area contributed by atoms with E-state index in [2.05, 4.69) is 33.9 Å². The van der Waals surface area contributed by atoms with Crippen molar-refractivity contribution in [3.8, 4) is 5.95 Å². The minimum atomic E-state index is 0.172. The highest BCUT2D eigenvalue weighted by molar-refractivity contribution is 6.28. The molecule has 0 radical (unpaired) electrons. The van der Waals surface area contributed by atoms with E-state index in [9.17, 15) is 0 Å². The van der Waals surface area contributed by atoms with Gasteiger partial charge < -0.3 is 4.90 Å². The number of hydrogen-bond donors (Lipinski definition) is 0. The van der Waals surface area contributed by atoms with Crippen molar-refractivity contribution in [2.45, 2.75) is 32.7 Å². The second-order valence-corrected chi connectivity index (χ2v) is 4.74. The Labute approximate surface area is 117 Å². The minimum Gasteiger partial charge on any atom is -0.341 e. The summed E-state index contributed by atoms with van der Waals surface area (Å²) in [5.41, 5.74) is 0. The molecular formula is C12H17ClN6. The van der Waals surface area contributed by atoms with Crippen molar-refractivity contribution in [1.82, 2.24) is 24.7 Å². The molecule has 0 bridgehead atoms. The summed E-state index contributed by atoms with van der Waals surface area (Å²) in [5, 5.41) is 4.27. The van der Waals surface area contributed by atoms with Crippen LogP contribution >= 0.6 is 11.6 Å². The zero-order chi connectivity index (χ0) is 13.8. The molecule has 0 aliphatic carbocycles. The molecule has 0 aliphatic heterocycles. The number of rotatable bonds is 5. The fourth-order valence-corrected chi connectivity index (χ4v) is 1.94. The molecular weight excluding hydrogens is 264 g/mol. The first kappa shape index (κ1) is 13.7. The van der Waals surface area contributed by atoms with Gasteiger partial charge in [-0.1, -0.05) is 13.3 Å². The Morgan fingerprint density at radius 3 is 2.79 bits per heavy atom. The Bertz CT molecular complexity index is 527. The molecule has 2 aromatic rings. The lowest BCUT2D eigenvalue weighted by Crippen LogP contribution is -2.30. The molecule has 102 valence electrons. The van der Waals surface area contributed by atoms with Crippen LogP contribution in [0.1, 0.15) is 26.7 Å². The van der Waals surface area contributed by atoms with Crippen LogP contribution in [-0.2, 0) is 0 Å². The molecule has 0 fully saturated rings. The summed E-state index contributed by atoms with van der Waals surface area (Å²) in [6.45, 7) is 4.29. The molecule has 1 atom stereocenters. The Morgan fingerprint density at radius 1 is 1.37 bits per heavy atom. The van der Waals surface area contributed by atoms with E-state index in [-0.39, 0.29) is 5.28 Å². The lowest BCUT2D eigenvalue weighted by Gasteiger charge is -2.24. The predicted molar refractivity (Wildman–Crippen MR) is 74.7 cm³/mol. The van der Waals surface area contributed by atoms with E-state index in [4.69, 9.17) is 11.6 Å². The van der Waals surface area contributed by atoms with E-state index >= 15 is 0 Å². The molecule has 0 saturated heterocycles. The maximum absolute atomic E-state index is 5.96. The number of halogens is 1. The molecule has 7 heteroatoms. The molecule has 6 nitrogen and oxygen atoms in total. The normalized spacial score (nSPS) is 12.4. The van der Waals surface area contributed by atoms with Gasteiger partial charge in [0.25, 0.3) is 5.95 Å². The van der Waals surface area contributed by atoms with Gasteiger partial charge in [-0.25, -0.2) is 4.68 Å². The summed E-state index contributed by atoms with van der Waals surface area (Å²) in [6, 6.07) is 2.15. The zero-order valence-electron chi connectivity index (χ0n) is 11.3. The third-order valence-corrected chi connectivity index (χ3v) is 3.15. The lowest BCUT2D eigenvalue weighted by molar-refractivity contribution is 0.602. The van der Waals surface area contributed by atoms with E-state index in [1.165, 1.54) is 0 Å². The van der Waals surface area contributed by atoms with Crippen LogP contribution in [0, 0.1) is 0 Å². The Kier molecular flexibility index (Phi) is 4.31. The van der Waals surface area contributed by atoms with E-state index in [0.717, 1.165) is 12.8 Å². The van der Waals surface area contributed by atoms with Crippen LogP contribution in [0.5, 0.6) is 0 Å². The molecule has 2 aromatic heterocycles. The largest absolute Gasteiger partial charge is 0.341 e. The van der Waals surface area contributed by atoms with Crippen LogP contribution in [0.15, 0.2) is 18.5 Å².